The van der Waals surface area contributed by atoms with E-state index in [1.807, 2.05) is 0 Å². The molecule has 0 aliphatic rings. The van der Waals surface area contributed by atoms with Gasteiger partial charge in [-0.25, -0.2) is 4.79 Å². The highest BCUT2D eigenvalue weighted by atomic mass is 16.6. The second-order valence-electron chi connectivity index (χ2n) is 3.66. The molecule has 0 saturated carbocycles. The van der Waals surface area contributed by atoms with Crippen molar-refractivity contribution in [2.75, 3.05) is 19.8 Å². The Balaban J connectivity index is 3.55. The Morgan fingerprint density at radius 2 is 2.20 bits per heavy atom. The molecule has 0 aromatic carbocycles. The molecule has 0 radical (unpaired) electrons. The fourth-order valence-corrected chi connectivity index (χ4v) is 1.36. The molecule has 0 aliphatic heterocycles. The molecule has 1 unspecified atom stereocenters. The maximum atomic E-state index is 11.1. The van der Waals surface area contributed by atoms with E-state index in [0.29, 0.717) is 12.5 Å². The normalized spacial score (nSPS) is 12.2. The smallest absolute Gasteiger partial charge is 0.407 e. The van der Waals surface area contributed by atoms with E-state index in [9.17, 15) is 4.79 Å². The van der Waals surface area contributed by atoms with Gasteiger partial charge in [-0.2, -0.15) is 0 Å². The van der Waals surface area contributed by atoms with Crippen LogP contribution in [0, 0.1) is 5.92 Å². The van der Waals surface area contributed by atoms with E-state index in [1.165, 1.54) is 12.8 Å². The largest absolute Gasteiger partial charge is 0.447 e. The molecule has 2 N–H and O–H groups in total. The van der Waals surface area contributed by atoms with Crippen LogP contribution >= 0.6 is 0 Å². The van der Waals surface area contributed by atoms with Crippen molar-refractivity contribution in [2.45, 2.75) is 39.5 Å². The Bertz CT molecular complexity index is 162. The van der Waals surface area contributed by atoms with Gasteiger partial charge in [0.15, 0.2) is 0 Å². The van der Waals surface area contributed by atoms with Crippen molar-refractivity contribution in [3.63, 3.8) is 0 Å². The number of aliphatic hydroxyl groups excluding tert-OH is 1. The monoisotopic (exact) mass is 217 g/mol. The standard InChI is InChI=1S/C11H23NO3/c1-3-5-6-10(4-2)9-12-11(14)15-8-7-13/h10,13H,3-9H2,1-2H3,(H,12,14). The van der Waals surface area contributed by atoms with Crippen molar-refractivity contribution in [3.05, 3.63) is 0 Å². The summed E-state index contributed by atoms with van der Waals surface area (Å²) in [6, 6.07) is 0. The number of nitrogens with one attached hydrogen (secondary N) is 1. The number of rotatable bonds is 8. The van der Waals surface area contributed by atoms with Gasteiger partial charge in [0, 0.05) is 6.54 Å². The third-order valence-electron chi connectivity index (χ3n) is 2.40. The molecular weight excluding hydrogens is 194 g/mol. The molecule has 0 aromatic rings. The van der Waals surface area contributed by atoms with Crippen LogP contribution in [0.25, 0.3) is 0 Å². The Labute approximate surface area is 92.0 Å². The van der Waals surface area contributed by atoms with E-state index >= 15 is 0 Å². The second-order valence-corrected chi connectivity index (χ2v) is 3.66. The van der Waals surface area contributed by atoms with Gasteiger partial charge in [0.1, 0.15) is 6.61 Å². The number of unbranched alkanes of at least 4 members (excludes halogenated alkanes) is 1. The minimum atomic E-state index is -0.431. The van der Waals surface area contributed by atoms with Crippen molar-refractivity contribution in [1.29, 1.82) is 0 Å². The van der Waals surface area contributed by atoms with Crippen LogP contribution in [0.15, 0.2) is 0 Å². The first kappa shape index (κ1) is 14.2. The predicted molar refractivity (Wildman–Crippen MR) is 59.7 cm³/mol. The predicted octanol–water partition coefficient (Wildman–Crippen LogP) is 1.92. The Hall–Kier alpha value is -0.770. The summed E-state index contributed by atoms with van der Waals surface area (Å²) in [5, 5.41) is 11.2. The highest BCUT2D eigenvalue weighted by Gasteiger charge is 2.08. The zero-order chi connectivity index (χ0) is 11.5. The van der Waals surface area contributed by atoms with Crippen LogP contribution in [-0.4, -0.2) is 31.0 Å². The van der Waals surface area contributed by atoms with Gasteiger partial charge < -0.3 is 15.2 Å². The van der Waals surface area contributed by atoms with Crippen LogP contribution in [0.1, 0.15) is 39.5 Å². The van der Waals surface area contributed by atoms with Gasteiger partial charge in [0.25, 0.3) is 0 Å². The van der Waals surface area contributed by atoms with Crippen LogP contribution in [0.5, 0.6) is 0 Å². The fraction of sp³-hybridized carbons (Fsp3) is 0.909. The van der Waals surface area contributed by atoms with Crippen LogP contribution in [-0.2, 0) is 4.74 Å². The van der Waals surface area contributed by atoms with Crippen LogP contribution in [0.3, 0.4) is 0 Å². The summed E-state index contributed by atoms with van der Waals surface area (Å²) >= 11 is 0. The summed E-state index contributed by atoms with van der Waals surface area (Å²) in [5.74, 6) is 0.534. The third kappa shape index (κ3) is 8.24. The molecule has 15 heavy (non-hydrogen) atoms. The summed E-state index contributed by atoms with van der Waals surface area (Å²) < 4.78 is 4.69. The molecule has 0 aliphatic carbocycles. The number of carbonyl (C=O) groups excluding carboxylic acids is 1. The van der Waals surface area contributed by atoms with Crippen molar-refractivity contribution in [1.82, 2.24) is 5.32 Å². The molecule has 4 nitrogen and oxygen atoms in total. The molecule has 0 heterocycles. The van der Waals surface area contributed by atoms with Crippen molar-refractivity contribution < 1.29 is 14.6 Å². The lowest BCUT2D eigenvalue weighted by atomic mass is 10.00. The van der Waals surface area contributed by atoms with Crippen LogP contribution < -0.4 is 5.32 Å². The Morgan fingerprint density at radius 1 is 1.47 bits per heavy atom. The van der Waals surface area contributed by atoms with Crippen LogP contribution in [0.4, 0.5) is 4.79 Å². The lowest BCUT2D eigenvalue weighted by molar-refractivity contribution is 0.117. The average molecular weight is 217 g/mol. The van der Waals surface area contributed by atoms with Crippen molar-refractivity contribution in [2.24, 2.45) is 5.92 Å². The van der Waals surface area contributed by atoms with Crippen molar-refractivity contribution >= 4 is 6.09 Å². The average Bonchev–Trinajstić information content (AvgIpc) is 2.26. The second kappa shape index (κ2) is 9.77. The summed E-state index contributed by atoms with van der Waals surface area (Å²) in [4.78, 5) is 11.1. The van der Waals surface area contributed by atoms with Crippen LogP contribution in [0.2, 0.25) is 0 Å². The Morgan fingerprint density at radius 3 is 2.73 bits per heavy atom. The zero-order valence-electron chi connectivity index (χ0n) is 9.79. The molecule has 1 atom stereocenters. The first-order chi connectivity index (χ1) is 7.24. The number of amides is 1. The van der Waals surface area contributed by atoms with E-state index < -0.39 is 6.09 Å². The fourth-order valence-electron chi connectivity index (χ4n) is 1.36. The first-order valence-corrected chi connectivity index (χ1v) is 5.76. The van der Waals surface area contributed by atoms with E-state index in [-0.39, 0.29) is 13.2 Å². The molecule has 0 aromatic heterocycles. The van der Waals surface area contributed by atoms with Gasteiger partial charge >= 0.3 is 6.09 Å². The minimum absolute atomic E-state index is 0.0670. The van der Waals surface area contributed by atoms with Gasteiger partial charge in [-0.05, 0) is 12.3 Å². The molecule has 0 fully saturated rings. The molecule has 1 amide bonds. The topological polar surface area (TPSA) is 58.6 Å². The summed E-state index contributed by atoms with van der Waals surface area (Å²) in [7, 11) is 0. The van der Waals surface area contributed by atoms with E-state index in [1.54, 1.807) is 0 Å². The Kier molecular flexibility index (Phi) is 9.27. The van der Waals surface area contributed by atoms with Gasteiger partial charge in [0.2, 0.25) is 0 Å². The number of hydrogen-bond donors (Lipinski definition) is 2. The van der Waals surface area contributed by atoms with Gasteiger partial charge in [-0.15, -0.1) is 0 Å². The van der Waals surface area contributed by atoms with Gasteiger partial charge in [0.05, 0.1) is 6.61 Å². The quantitative estimate of drug-likeness (QED) is 0.653. The lowest BCUT2D eigenvalue weighted by Crippen LogP contribution is -2.30. The molecule has 0 bridgehead atoms. The maximum absolute atomic E-state index is 11.1. The molecule has 90 valence electrons. The molecule has 4 heteroatoms. The summed E-state index contributed by atoms with van der Waals surface area (Å²) in [5.41, 5.74) is 0. The highest BCUT2D eigenvalue weighted by Crippen LogP contribution is 2.11. The maximum Gasteiger partial charge on any atom is 0.407 e. The first-order valence-electron chi connectivity index (χ1n) is 5.76. The number of carbonyl (C=O) groups is 1. The molecule has 0 rings (SSSR count). The molecule has 0 spiro atoms. The zero-order valence-corrected chi connectivity index (χ0v) is 9.79. The summed E-state index contributed by atoms with van der Waals surface area (Å²) in [6.07, 6.45) is 4.17. The molecule has 0 saturated heterocycles. The van der Waals surface area contributed by atoms with E-state index in [0.717, 1.165) is 12.8 Å². The highest BCUT2D eigenvalue weighted by molar-refractivity contribution is 5.67. The van der Waals surface area contributed by atoms with E-state index in [2.05, 4.69) is 19.2 Å². The van der Waals surface area contributed by atoms with Crippen molar-refractivity contribution in [3.8, 4) is 0 Å². The molecular formula is C11H23NO3. The number of ether oxygens (including phenoxy) is 1. The third-order valence-corrected chi connectivity index (χ3v) is 2.40. The van der Waals surface area contributed by atoms with Gasteiger partial charge in [-0.3, -0.25) is 0 Å². The number of aliphatic hydroxyl groups is 1. The lowest BCUT2D eigenvalue weighted by Gasteiger charge is -2.14. The number of hydrogen-bond acceptors (Lipinski definition) is 3. The van der Waals surface area contributed by atoms with E-state index in [4.69, 9.17) is 9.84 Å². The minimum Gasteiger partial charge on any atom is -0.447 e. The SMILES string of the molecule is CCCCC(CC)CNC(=O)OCCO. The number of alkyl carbamates (subject to hydrolysis) is 1. The summed E-state index contributed by atoms with van der Waals surface area (Å²) in [6.45, 7) is 4.90. The van der Waals surface area contributed by atoms with Gasteiger partial charge in [-0.1, -0.05) is 33.1 Å².